The van der Waals surface area contributed by atoms with Gasteiger partial charge in [-0.15, -0.1) is 0 Å². The van der Waals surface area contributed by atoms with Crippen LogP contribution in [0.5, 0.6) is 0 Å². The molecule has 22 heavy (non-hydrogen) atoms. The normalized spacial score (nSPS) is 23.3. The van der Waals surface area contributed by atoms with Crippen LogP contribution in [-0.4, -0.2) is 5.97 Å². The van der Waals surface area contributed by atoms with E-state index in [0.717, 1.165) is 6.07 Å². The van der Waals surface area contributed by atoms with Gasteiger partial charge < -0.3 is 4.74 Å². The number of halogens is 5. The molecule has 1 aromatic carbocycles. The maximum absolute atomic E-state index is 13.6. The van der Waals surface area contributed by atoms with Crippen LogP contribution in [0.1, 0.15) is 19.4 Å². The SMILES string of the molecule is CC1(C)C(C(=O)OCc2cc(Cl)cc(F)c2F)C1C(Cl)=CCl. The summed E-state index contributed by atoms with van der Waals surface area (Å²) in [6, 6.07) is 2.07. The van der Waals surface area contributed by atoms with Gasteiger partial charge in [0.2, 0.25) is 0 Å². The summed E-state index contributed by atoms with van der Waals surface area (Å²) in [5, 5.41) is 0.399. The number of carbonyl (C=O) groups is 1. The van der Waals surface area contributed by atoms with Crippen LogP contribution >= 0.6 is 34.8 Å². The Balaban J connectivity index is 2.06. The summed E-state index contributed by atoms with van der Waals surface area (Å²) >= 11 is 17.2. The van der Waals surface area contributed by atoms with Gasteiger partial charge in [0.25, 0.3) is 0 Å². The zero-order valence-electron chi connectivity index (χ0n) is 11.8. The third-order valence-electron chi connectivity index (χ3n) is 3.92. The fraction of sp³-hybridized carbons (Fsp3) is 0.400. The van der Waals surface area contributed by atoms with Gasteiger partial charge in [-0.3, -0.25) is 4.79 Å². The van der Waals surface area contributed by atoms with Gasteiger partial charge in [0.1, 0.15) is 6.61 Å². The van der Waals surface area contributed by atoms with Crippen molar-refractivity contribution in [1.82, 2.24) is 0 Å². The van der Waals surface area contributed by atoms with Crippen molar-refractivity contribution in [2.24, 2.45) is 17.3 Å². The Hall–Kier alpha value is -0.840. The number of benzene rings is 1. The highest BCUT2D eigenvalue weighted by Gasteiger charge is 2.64. The van der Waals surface area contributed by atoms with Gasteiger partial charge >= 0.3 is 5.97 Å². The van der Waals surface area contributed by atoms with E-state index in [1.807, 2.05) is 13.8 Å². The predicted molar refractivity (Wildman–Crippen MR) is 81.7 cm³/mol. The highest BCUT2D eigenvalue weighted by Crippen LogP contribution is 2.63. The van der Waals surface area contributed by atoms with E-state index in [4.69, 9.17) is 39.5 Å². The summed E-state index contributed by atoms with van der Waals surface area (Å²) in [4.78, 5) is 12.1. The zero-order valence-corrected chi connectivity index (χ0v) is 14.1. The first-order valence-corrected chi connectivity index (χ1v) is 7.65. The summed E-state index contributed by atoms with van der Waals surface area (Å²) < 4.78 is 31.9. The van der Waals surface area contributed by atoms with Crippen molar-refractivity contribution in [2.45, 2.75) is 20.5 Å². The smallest absolute Gasteiger partial charge is 0.310 e. The first-order valence-electron chi connectivity index (χ1n) is 6.46. The van der Waals surface area contributed by atoms with Crippen molar-refractivity contribution in [3.05, 3.63) is 44.9 Å². The van der Waals surface area contributed by atoms with Crippen LogP contribution in [0, 0.1) is 28.9 Å². The van der Waals surface area contributed by atoms with Crippen LogP contribution in [0.25, 0.3) is 0 Å². The molecule has 0 aliphatic heterocycles. The Bertz CT molecular complexity index is 644. The molecule has 0 saturated heterocycles. The van der Waals surface area contributed by atoms with E-state index >= 15 is 0 Å². The van der Waals surface area contributed by atoms with Crippen LogP contribution in [0.2, 0.25) is 5.02 Å². The fourth-order valence-electron chi connectivity index (χ4n) is 2.61. The van der Waals surface area contributed by atoms with E-state index in [2.05, 4.69) is 0 Å². The Kier molecular flexibility index (Phi) is 5.05. The van der Waals surface area contributed by atoms with Gasteiger partial charge in [0.05, 0.1) is 5.92 Å². The molecule has 0 bridgehead atoms. The average Bonchev–Trinajstić information content (AvgIpc) is 3.02. The molecule has 0 spiro atoms. The van der Waals surface area contributed by atoms with Crippen LogP contribution in [0.15, 0.2) is 22.7 Å². The molecule has 1 fully saturated rings. The van der Waals surface area contributed by atoms with Crippen LogP contribution in [0.4, 0.5) is 8.78 Å². The van der Waals surface area contributed by atoms with E-state index in [1.54, 1.807) is 0 Å². The first kappa shape index (κ1) is 17.5. The van der Waals surface area contributed by atoms with E-state index in [0.29, 0.717) is 5.03 Å². The summed E-state index contributed by atoms with van der Waals surface area (Å²) in [7, 11) is 0. The number of hydrogen-bond acceptors (Lipinski definition) is 2. The molecule has 1 aliphatic carbocycles. The second-order valence-corrected chi connectivity index (χ2v) is 6.83. The molecule has 2 nitrogen and oxygen atoms in total. The van der Waals surface area contributed by atoms with Gasteiger partial charge in [0, 0.05) is 27.1 Å². The first-order chi connectivity index (χ1) is 10.2. The molecule has 0 aromatic heterocycles. The molecule has 2 rings (SSSR count). The number of rotatable bonds is 4. The Morgan fingerprint density at radius 3 is 2.59 bits per heavy atom. The minimum atomic E-state index is -1.09. The Labute approximate surface area is 142 Å². The maximum atomic E-state index is 13.6. The molecule has 1 aliphatic rings. The lowest BCUT2D eigenvalue weighted by Gasteiger charge is -2.08. The van der Waals surface area contributed by atoms with Crippen molar-refractivity contribution < 1.29 is 18.3 Å². The molecule has 2 atom stereocenters. The number of carbonyl (C=O) groups excluding carboxylic acids is 1. The van der Waals surface area contributed by atoms with Gasteiger partial charge in [0.15, 0.2) is 11.6 Å². The number of hydrogen-bond donors (Lipinski definition) is 0. The quantitative estimate of drug-likeness (QED) is 0.535. The van der Waals surface area contributed by atoms with Crippen LogP contribution in [0.3, 0.4) is 0 Å². The van der Waals surface area contributed by atoms with E-state index in [1.165, 1.54) is 11.6 Å². The molecule has 7 heteroatoms. The zero-order chi connectivity index (χ0) is 16.7. The van der Waals surface area contributed by atoms with E-state index < -0.39 is 35.5 Å². The fourth-order valence-corrected chi connectivity index (χ4v) is 3.38. The van der Waals surface area contributed by atoms with Gasteiger partial charge in [-0.1, -0.05) is 48.7 Å². The van der Waals surface area contributed by atoms with Crippen molar-refractivity contribution in [2.75, 3.05) is 0 Å². The Morgan fingerprint density at radius 1 is 1.36 bits per heavy atom. The van der Waals surface area contributed by atoms with E-state index in [-0.39, 0.29) is 16.5 Å². The third kappa shape index (κ3) is 3.24. The topological polar surface area (TPSA) is 26.3 Å². The van der Waals surface area contributed by atoms with Crippen molar-refractivity contribution in [1.29, 1.82) is 0 Å². The van der Waals surface area contributed by atoms with Gasteiger partial charge in [-0.25, -0.2) is 8.78 Å². The van der Waals surface area contributed by atoms with Gasteiger partial charge in [-0.05, 0) is 17.5 Å². The summed E-state index contributed by atoms with van der Waals surface area (Å²) in [5.74, 6) is -3.41. The number of esters is 1. The minimum Gasteiger partial charge on any atom is -0.460 e. The molecule has 0 amide bonds. The van der Waals surface area contributed by atoms with Crippen molar-refractivity contribution in [3.8, 4) is 0 Å². The highest BCUT2D eigenvalue weighted by atomic mass is 35.5. The number of ether oxygens (including phenoxy) is 1. The number of allylic oxidation sites excluding steroid dienone is 1. The largest absolute Gasteiger partial charge is 0.460 e. The Morgan fingerprint density at radius 2 is 2.00 bits per heavy atom. The van der Waals surface area contributed by atoms with Crippen LogP contribution < -0.4 is 0 Å². The standard InChI is InChI=1S/C15H13Cl3F2O2/c1-15(2)11(9(18)5-16)12(15)14(21)22-6-7-3-8(17)4-10(19)13(7)20/h3-5,11-12H,6H2,1-2H3. The van der Waals surface area contributed by atoms with Crippen molar-refractivity contribution >= 4 is 40.8 Å². The predicted octanol–water partition coefficient (Wildman–Crippen LogP) is 5.25. The lowest BCUT2D eigenvalue weighted by atomic mass is 10.1. The molecular weight excluding hydrogens is 357 g/mol. The summed E-state index contributed by atoms with van der Waals surface area (Å²) in [5.41, 5.74) is 0.706. The van der Waals surface area contributed by atoms with Crippen LogP contribution in [-0.2, 0) is 16.1 Å². The minimum absolute atomic E-state index is 0.0303. The second-order valence-electron chi connectivity index (χ2n) is 5.74. The molecule has 0 heterocycles. The molecule has 1 aromatic rings. The molecule has 0 radical (unpaired) electrons. The second kappa shape index (κ2) is 6.34. The molecule has 2 unspecified atom stereocenters. The summed E-state index contributed by atoms with van der Waals surface area (Å²) in [6.07, 6.45) is 0. The highest BCUT2D eigenvalue weighted by molar-refractivity contribution is 6.37. The molecule has 1 saturated carbocycles. The average molecular weight is 370 g/mol. The lowest BCUT2D eigenvalue weighted by Crippen LogP contribution is -2.11. The molecular formula is C15H13Cl3F2O2. The maximum Gasteiger partial charge on any atom is 0.310 e. The molecule has 120 valence electrons. The lowest BCUT2D eigenvalue weighted by molar-refractivity contribution is -0.147. The monoisotopic (exact) mass is 368 g/mol. The molecule has 0 N–H and O–H groups in total. The van der Waals surface area contributed by atoms with E-state index in [9.17, 15) is 13.6 Å². The summed E-state index contributed by atoms with van der Waals surface area (Å²) in [6.45, 7) is 3.31. The van der Waals surface area contributed by atoms with Gasteiger partial charge in [-0.2, -0.15) is 0 Å². The third-order valence-corrected chi connectivity index (χ3v) is 4.83. The van der Waals surface area contributed by atoms with Crippen molar-refractivity contribution in [3.63, 3.8) is 0 Å².